The van der Waals surface area contributed by atoms with Crippen LogP contribution in [0.25, 0.3) is 0 Å². The molecule has 2 heterocycles. The predicted molar refractivity (Wildman–Crippen MR) is 83.0 cm³/mol. The summed E-state index contributed by atoms with van der Waals surface area (Å²) in [7, 11) is 0. The van der Waals surface area contributed by atoms with Crippen LogP contribution < -0.4 is 0 Å². The van der Waals surface area contributed by atoms with Crippen LogP contribution in [0, 0.1) is 5.92 Å². The topological polar surface area (TPSA) is 29.5 Å². The van der Waals surface area contributed by atoms with E-state index < -0.39 is 0 Å². The summed E-state index contributed by atoms with van der Waals surface area (Å²) in [6.07, 6.45) is 6.66. The molecule has 0 saturated carbocycles. The molecule has 114 valence electrons. The molecule has 3 nitrogen and oxygen atoms in total. The molecule has 2 aliphatic rings. The van der Waals surface area contributed by atoms with E-state index in [0.717, 1.165) is 38.8 Å². The van der Waals surface area contributed by atoms with Crippen molar-refractivity contribution in [3.63, 3.8) is 0 Å². The van der Waals surface area contributed by atoms with Crippen LogP contribution in [-0.2, 0) is 16.0 Å². The van der Waals surface area contributed by atoms with Crippen molar-refractivity contribution in [1.29, 1.82) is 0 Å². The minimum absolute atomic E-state index is 0.125. The van der Waals surface area contributed by atoms with Crippen LogP contribution >= 0.6 is 0 Å². The van der Waals surface area contributed by atoms with E-state index in [1.807, 2.05) is 0 Å². The highest BCUT2D eigenvalue weighted by Gasteiger charge is 2.34. The van der Waals surface area contributed by atoms with Crippen molar-refractivity contribution < 1.29 is 9.53 Å². The highest BCUT2D eigenvalue weighted by molar-refractivity contribution is 5.79. The average Bonchev–Trinajstić information content (AvgIpc) is 3.19. The van der Waals surface area contributed by atoms with Crippen LogP contribution in [0.4, 0.5) is 0 Å². The van der Waals surface area contributed by atoms with Crippen LogP contribution in [0.3, 0.4) is 0 Å². The number of hydrogen-bond acceptors (Lipinski definition) is 2. The Balaban J connectivity index is 1.49. The fourth-order valence-electron chi connectivity index (χ4n) is 3.58. The standard InChI is InChI=1S/C18H25NO2/c20-18(16-11-13-21-14-16)19-12-5-10-17(19)9-4-8-15-6-2-1-3-7-15/h1-3,6-7,16-17H,4-5,8-14H2/t16-,17+/m0/s1. The Bertz CT molecular complexity index is 454. The van der Waals surface area contributed by atoms with Gasteiger partial charge in [0.25, 0.3) is 0 Å². The lowest BCUT2D eigenvalue weighted by molar-refractivity contribution is -0.136. The van der Waals surface area contributed by atoms with Gasteiger partial charge in [-0.05, 0) is 44.1 Å². The van der Waals surface area contributed by atoms with Gasteiger partial charge in [-0.15, -0.1) is 0 Å². The SMILES string of the molecule is O=C([C@H]1CCOC1)N1CCC[C@H]1CCCc1ccccc1. The Morgan fingerprint density at radius 3 is 2.86 bits per heavy atom. The van der Waals surface area contributed by atoms with E-state index in [4.69, 9.17) is 4.74 Å². The van der Waals surface area contributed by atoms with Gasteiger partial charge in [0.15, 0.2) is 0 Å². The van der Waals surface area contributed by atoms with Gasteiger partial charge in [0.05, 0.1) is 12.5 Å². The van der Waals surface area contributed by atoms with Crippen LogP contribution in [-0.4, -0.2) is 36.6 Å². The predicted octanol–water partition coefficient (Wildman–Crippen LogP) is 3.04. The van der Waals surface area contributed by atoms with Crippen LogP contribution in [0.15, 0.2) is 30.3 Å². The second-order valence-electron chi connectivity index (χ2n) is 6.27. The van der Waals surface area contributed by atoms with E-state index in [2.05, 4.69) is 35.2 Å². The number of carbonyl (C=O) groups excluding carboxylic acids is 1. The summed E-state index contributed by atoms with van der Waals surface area (Å²) in [6, 6.07) is 11.1. The van der Waals surface area contributed by atoms with Crippen LogP contribution in [0.5, 0.6) is 0 Å². The van der Waals surface area contributed by atoms with Crippen molar-refractivity contribution >= 4 is 5.91 Å². The van der Waals surface area contributed by atoms with Gasteiger partial charge in [0, 0.05) is 19.2 Å². The number of amides is 1. The highest BCUT2D eigenvalue weighted by atomic mass is 16.5. The maximum atomic E-state index is 12.5. The van der Waals surface area contributed by atoms with Gasteiger partial charge in [0.1, 0.15) is 0 Å². The lowest BCUT2D eigenvalue weighted by atomic mass is 10.0. The first-order valence-electron chi connectivity index (χ1n) is 8.27. The Kier molecular flexibility index (Phi) is 4.91. The van der Waals surface area contributed by atoms with E-state index >= 15 is 0 Å². The first-order valence-corrected chi connectivity index (χ1v) is 8.27. The average molecular weight is 287 g/mol. The molecule has 0 N–H and O–H groups in total. The lowest BCUT2D eigenvalue weighted by Gasteiger charge is -2.27. The van der Waals surface area contributed by atoms with Gasteiger partial charge in [-0.2, -0.15) is 0 Å². The third-order valence-electron chi connectivity index (χ3n) is 4.78. The van der Waals surface area contributed by atoms with Crippen molar-refractivity contribution in [3.05, 3.63) is 35.9 Å². The number of rotatable bonds is 5. The second-order valence-corrected chi connectivity index (χ2v) is 6.27. The molecule has 2 saturated heterocycles. The summed E-state index contributed by atoms with van der Waals surface area (Å²) >= 11 is 0. The zero-order chi connectivity index (χ0) is 14.5. The molecule has 1 aromatic rings. The molecule has 0 spiro atoms. The molecule has 0 unspecified atom stereocenters. The number of carbonyl (C=O) groups is 1. The molecule has 0 aliphatic carbocycles. The Morgan fingerprint density at radius 1 is 1.24 bits per heavy atom. The van der Waals surface area contributed by atoms with Crippen LogP contribution in [0.2, 0.25) is 0 Å². The summed E-state index contributed by atoms with van der Waals surface area (Å²) in [5, 5.41) is 0. The van der Waals surface area contributed by atoms with Crippen molar-refractivity contribution in [3.8, 4) is 0 Å². The van der Waals surface area contributed by atoms with E-state index in [-0.39, 0.29) is 5.92 Å². The number of benzene rings is 1. The van der Waals surface area contributed by atoms with Crippen molar-refractivity contribution in [2.24, 2.45) is 5.92 Å². The summed E-state index contributed by atoms with van der Waals surface area (Å²) in [6.45, 7) is 2.33. The van der Waals surface area contributed by atoms with Gasteiger partial charge in [0.2, 0.25) is 5.91 Å². The molecule has 0 radical (unpaired) electrons. The number of aryl methyl sites for hydroxylation is 1. The van der Waals surface area contributed by atoms with Gasteiger partial charge in [-0.3, -0.25) is 4.79 Å². The number of hydrogen-bond donors (Lipinski definition) is 0. The Morgan fingerprint density at radius 2 is 2.10 bits per heavy atom. The monoisotopic (exact) mass is 287 g/mol. The smallest absolute Gasteiger partial charge is 0.228 e. The molecule has 3 heteroatoms. The molecular weight excluding hydrogens is 262 g/mol. The molecule has 2 fully saturated rings. The van der Waals surface area contributed by atoms with Crippen molar-refractivity contribution in [1.82, 2.24) is 4.90 Å². The fraction of sp³-hybridized carbons (Fsp3) is 0.611. The van der Waals surface area contributed by atoms with E-state index in [0.29, 0.717) is 18.6 Å². The summed E-state index contributed by atoms with van der Waals surface area (Å²) in [5.74, 6) is 0.467. The molecule has 0 bridgehead atoms. The molecular formula is C18H25NO2. The molecule has 2 atom stereocenters. The molecule has 1 aromatic carbocycles. The maximum absolute atomic E-state index is 12.5. The Hall–Kier alpha value is -1.35. The third-order valence-corrected chi connectivity index (χ3v) is 4.78. The zero-order valence-electron chi connectivity index (χ0n) is 12.7. The largest absolute Gasteiger partial charge is 0.381 e. The molecule has 3 rings (SSSR count). The van der Waals surface area contributed by atoms with Crippen molar-refractivity contribution in [2.45, 2.75) is 44.6 Å². The maximum Gasteiger partial charge on any atom is 0.228 e. The van der Waals surface area contributed by atoms with Crippen LogP contribution in [0.1, 0.15) is 37.7 Å². The first-order chi connectivity index (χ1) is 10.3. The number of ether oxygens (including phenoxy) is 1. The minimum atomic E-state index is 0.125. The quantitative estimate of drug-likeness (QED) is 0.833. The summed E-state index contributed by atoms with van der Waals surface area (Å²) in [4.78, 5) is 14.7. The number of likely N-dealkylation sites (tertiary alicyclic amines) is 1. The Labute approximate surface area is 127 Å². The molecule has 21 heavy (non-hydrogen) atoms. The number of nitrogens with zero attached hydrogens (tertiary/aromatic N) is 1. The molecule has 0 aromatic heterocycles. The van der Waals surface area contributed by atoms with Gasteiger partial charge < -0.3 is 9.64 Å². The van der Waals surface area contributed by atoms with E-state index in [1.165, 1.54) is 18.4 Å². The van der Waals surface area contributed by atoms with Crippen molar-refractivity contribution in [2.75, 3.05) is 19.8 Å². The molecule has 2 aliphatic heterocycles. The zero-order valence-corrected chi connectivity index (χ0v) is 12.7. The second kappa shape index (κ2) is 7.08. The lowest BCUT2D eigenvalue weighted by Crippen LogP contribution is -2.39. The normalized spacial score (nSPS) is 25.4. The summed E-state index contributed by atoms with van der Waals surface area (Å²) in [5.41, 5.74) is 1.40. The third kappa shape index (κ3) is 3.65. The first kappa shape index (κ1) is 14.6. The summed E-state index contributed by atoms with van der Waals surface area (Å²) < 4.78 is 5.36. The minimum Gasteiger partial charge on any atom is -0.381 e. The fourth-order valence-corrected chi connectivity index (χ4v) is 3.58. The van der Waals surface area contributed by atoms with Gasteiger partial charge in [-0.25, -0.2) is 0 Å². The van der Waals surface area contributed by atoms with E-state index in [9.17, 15) is 4.79 Å². The van der Waals surface area contributed by atoms with E-state index in [1.54, 1.807) is 0 Å². The highest BCUT2D eigenvalue weighted by Crippen LogP contribution is 2.26. The van der Waals surface area contributed by atoms with Gasteiger partial charge >= 0.3 is 0 Å². The van der Waals surface area contributed by atoms with Gasteiger partial charge in [-0.1, -0.05) is 30.3 Å². The molecule has 1 amide bonds.